The molecule has 1 unspecified atom stereocenters. The molecule has 3 atom stereocenters. The molecular weight excluding hydrogens is 140 g/mol. The van der Waals surface area contributed by atoms with Gasteiger partial charge in [0.05, 0.1) is 6.10 Å². The van der Waals surface area contributed by atoms with Crippen LogP contribution in [-0.2, 0) is 4.74 Å². The van der Waals surface area contributed by atoms with Crippen molar-refractivity contribution in [2.75, 3.05) is 0 Å². The van der Waals surface area contributed by atoms with E-state index in [-0.39, 0.29) is 11.5 Å². The van der Waals surface area contributed by atoms with Crippen molar-refractivity contribution >= 4 is 0 Å². The Morgan fingerprint density at radius 3 is 2.18 bits per heavy atom. The summed E-state index contributed by atoms with van der Waals surface area (Å²) in [6.07, 6.45) is 0.643. The van der Waals surface area contributed by atoms with Gasteiger partial charge in [-0.1, -0.05) is 27.7 Å². The first-order chi connectivity index (χ1) is 5.00. The maximum absolute atomic E-state index is 9.51. The van der Waals surface area contributed by atoms with E-state index in [2.05, 4.69) is 27.7 Å². The van der Waals surface area contributed by atoms with Crippen molar-refractivity contribution in [3.63, 3.8) is 0 Å². The summed E-state index contributed by atoms with van der Waals surface area (Å²) < 4.78 is 5.39. The zero-order valence-corrected chi connectivity index (χ0v) is 7.79. The highest BCUT2D eigenvalue weighted by atomic mass is 16.6. The molecule has 1 N–H and O–H groups in total. The van der Waals surface area contributed by atoms with Crippen LogP contribution >= 0.6 is 0 Å². The number of hydrogen-bond donors (Lipinski definition) is 1. The van der Waals surface area contributed by atoms with Crippen LogP contribution in [0, 0.1) is 11.3 Å². The van der Waals surface area contributed by atoms with E-state index in [1.165, 1.54) is 0 Å². The normalized spacial score (nSPS) is 42.8. The van der Waals surface area contributed by atoms with Crippen molar-refractivity contribution < 1.29 is 9.84 Å². The van der Waals surface area contributed by atoms with E-state index in [1.54, 1.807) is 0 Å². The highest BCUT2D eigenvalue weighted by molar-refractivity contribution is 4.89. The summed E-state index contributed by atoms with van der Waals surface area (Å²) in [5.74, 6) is 0.447. The Morgan fingerprint density at radius 1 is 1.45 bits per heavy atom. The van der Waals surface area contributed by atoms with Gasteiger partial charge in [0.15, 0.2) is 6.29 Å². The van der Waals surface area contributed by atoms with Gasteiger partial charge in [-0.3, -0.25) is 0 Å². The van der Waals surface area contributed by atoms with Gasteiger partial charge in [-0.05, 0) is 12.3 Å². The monoisotopic (exact) mass is 158 g/mol. The molecule has 1 aliphatic heterocycles. The zero-order valence-electron chi connectivity index (χ0n) is 7.79. The molecule has 0 bridgehead atoms. The van der Waals surface area contributed by atoms with E-state index < -0.39 is 6.29 Å². The van der Waals surface area contributed by atoms with Crippen molar-refractivity contribution in [2.24, 2.45) is 11.3 Å². The highest BCUT2D eigenvalue weighted by Crippen LogP contribution is 2.42. The molecule has 2 nitrogen and oxygen atoms in total. The first-order valence-corrected chi connectivity index (χ1v) is 4.33. The predicted molar refractivity (Wildman–Crippen MR) is 44.1 cm³/mol. The second-order valence-corrected chi connectivity index (χ2v) is 4.05. The molecule has 0 radical (unpaired) electrons. The van der Waals surface area contributed by atoms with Gasteiger partial charge in [-0.2, -0.15) is 0 Å². The summed E-state index contributed by atoms with van der Waals surface area (Å²) in [4.78, 5) is 0. The lowest BCUT2D eigenvalue weighted by atomic mass is 9.78. The van der Waals surface area contributed by atoms with Crippen LogP contribution in [0.15, 0.2) is 0 Å². The van der Waals surface area contributed by atoms with E-state index in [4.69, 9.17) is 4.74 Å². The maximum atomic E-state index is 9.51. The molecule has 1 saturated heterocycles. The van der Waals surface area contributed by atoms with Crippen molar-refractivity contribution in [1.82, 2.24) is 0 Å². The number of aliphatic hydroxyl groups excluding tert-OH is 1. The third-order valence-electron chi connectivity index (χ3n) is 3.07. The second-order valence-electron chi connectivity index (χ2n) is 4.05. The minimum absolute atomic E-state index is 0.0827. The molecule has 0 aromatic carbocycles. The average molecular weight is 158 g/mol. The number of aliphatic hydroxyl groups is 1. The smallest absolute Gasteiger partial charge is 0.160 e. The van der Waals surface area contributed by atoms with Gasteiger partial charge in [-0.15, -0.1) is 0 Å². The molecule has 0 spiro atoms. The summed E-state index contributed by atoms with van der Waals surface area (Å²) in [6, 6.07) is 0. The second kappa shape index (κ2) is 2.76. The molecular formula is C9H18O2. The van der Waals surface area contributed by atoms with Gasteiger partial charge >= 0.3 is 0 Å². The molecule has 0 saturated carbocycles. The maximum Gasteiger partial charge on any atom is 0.160 e. The van der Waals surface area contributed by atoms with Crippen LogP contribution in [0.2, 0.25) is 0 Å². The van der Waals surface area contributed by atoms with Crippen LogP contribution in [0.3, 0.4) is 0 Å². The fraction of sp³-hybridized carbons (Fsp3) is 1.00. The number of rotatable bonds is 1. The van der Waals surface area contributed by atoms with E-state index in [0.717, 1.165) is 6.42 Å². The average Bonchev–Trinajstić information content (AvgIpc) is 2.14. The summed E-state index contributed by atoms with van der Waals surface area (Å²) in [5.41, 5.74) is -0.0827. The summed E-state index contributed by atoms with van der Waals surface area (Å²) in [5, 5.41) is 9.51. The Hall–Kier alpha value is -0.0800. The van der Waals surface area contributed by atoms with E-state index >= 15 is 0 Å². The van der Waals surface area contributed by atoms with Crippen molar-refractivity contribution in [2.45, 2.75) is 46.5 Å². The molecule has 0 amide bonds. The summed E-state index contributed by atoms with van der Waals surface area (Å²) in [6.45, 7) is 8.34. The largest absolute Gasteiger partial charge is 0.367 e. The molecule has 66 valence electrons. The third-order valence-corrected chi connectivity index (χ3v) is 3.07. The lowest BCUT2D eigenvalue weighted by Gasteiger charge is -2.25. The standard InChI is InChI=1S/C9H18O2/c1-5-7-6(2)9(3,4)8(10)11-7/h6-8,10H,5H2,1-4H3/t6-,7-,8?/m1/s1. The lowest BCUT2D eigenvalue weighted by molar-refractivity contribution is -0.127. The van der Waals surface area contributed by atoms with Crippen molar-refractivity contribution in [3.05, 3.63) is 0 Å². The molecule has 11 heavy (non-hydrogen) atoms. The predicted octanol–water partition coefficient (Wildman–Crippen LogP) is 1.78. The highest BCUT2D eigenvalue weighted by Gasteiger charge is 2.46. The molecule has 2 heteroatoms. The Bertz CT molecular complexity index is 142. The Kier molecular flexibility index (Phi) is 2.26. The van der Waals surface area contributed by atoms with Crippen LogP contribution in [0.1, 0.15) is 34.1 Å². The van der Waals surface area contributed by atoms with Crippen LogP contribution in [0.4, 0.5) is 0 Å². The van der Waals surface area contributed by atoms with Crippen molar-refractivity contribution in [3.8, 4) is 0 Å². The van der Waals surface area contributed by atoms with Gasteiger partial charge < -0.3 is 9.84 Å². The van der Waals surface area contributed by atoms with Gasteiger partial charge in [-0.25, -0.2) is 0 Å². The van der Waals surface area contributed by atoms with Gasteiger partial charge in [0.25, 0.3) is 0 Å². The Labute approximate surface area is 68.6 Å². The summed E-state index contributed by atoms with van der Waals surface area (Å²) in [7, 11) is 0. The molecule has 0 aromatic rings. The first kappa shape index (κ1) is 9.01. The SMILES string of the molecule is CC[C@H]1OC(O)C(C)(C)[C@@H]1C. The van der Waals surface area contributed by atoms with Gasteiger partial charge in [0, 0.05) is 5.41 Å². The van der Waals surface area contributed by atoms with Crippen molar-refractivity contribution in [1.29, 1.82) is 0 Å². The van der Waals surface area contributed by atoms with Crippen LogP contribution in [-0.4, -0.2) is 17.5 Å². The van der Waals surface area contributed by atoms with Crippen LogP contribution in [0.25, 0.3) is 0 Å². The molecule has 1 heterocycles. The molecule has 1 rings (SSSR count). The molecule has 1 fully saturated rings. The summed E-state index contributed by atoms with van der Waals surface area (Å²) >= 11 is 0. The number of ether oxygens (including phenoxy) is 1. The minimum atomic E-state index is -0.581. The topological polar surface area (TPSA) is 29.5 Å². The fourth-order valence-electron chi connectivity index (χ4n) is 1.61. The number of hydrogen-bond acceptors (Lipinski definition) is 2. The van der Waals surface area contributed by atoms with E-state index in [9.17, 15) is 5.11 Å². The fourth-order valence-corrected chi connectivity index (χ4v) is 1.61. The quantitative estimate of drug-likeness (QED) is 0.630. The molecule has 0 aromatic heterocycles. The molecule has 1 aliphatic rings. The molecule has 0 aliphatic carbocycles. The van der Waals surface area contributed by atoms with E-state index in [1.807, 2.05) is 0 Å². The lowest BCUT2D eigenvalue weighted by Crippen LogP contribution is -2.28. The third kappa shape index (κ3) is 1.30. The van der Waals surface area contributed by atoms with Crippen LogP contribution < -0.4 is 0 Å². The van der Waals surface area contributed by atoms with Crippen LogP contribution in [0.5, 0.6) is 0 Å². The Morgan fingerprint density at radius 2 is 2.00 bits per heavy atom. The van der Waals surface area contributed by atoms with Gasteiger partial charge in [0.1, 0.15) is 0 Å². The first-order valence-electron chi connectivity index (χ1n) is 4.33. The Balaban J connectivity index is 2.71. The van der Waals surface area contributed by atoms with Gasteiger partial charge in [0.2, 0.25) is 0 Å². The minimum Gasteiger partial charge on any atom is -0.367 e. The zero-order chi connectivity index (χ0) is 8.65. The van der Waals surface area contributed by atoms with E-state index in [0.29, 0.717) is 5.92 Å².